The Bertz CT molecular complexity index is 471. The second-order valence-corrected chi connectivity index (χ2v) is 5.23. The first-order chi connectivity index (χ1) is 6.86. The number of nitrogens with two attached hydrogens (primary N) is 1. The standard InChI is InChI=1S/C9H13ClN2O2S/c1-6-7(5-12-2)3-8(10)4-9(6)15(11,13)14/h3-4,12H,5H2,1-2H3,(H2,11,13,14). The van der Waals surface area contributed by atoms with Crippen LogP contribution < -0.4 is 10.5 Å². The van der Waals surface area contributed by atoms with Crippen molar-refractivity contribution in [3.05, 3.63) is 28.3 Å². The number of sulfonamides is 1. The number of benzene rings is 1. The number of rotatable bonds is 3. The normalized spacial score (nSPS) is 11.7. The minimum atomic E-state index is -3.71. The van der Waals surface area contributed by atoms with Gasteiger partial charge in [-0.05, 0) is 37.2 Å². The molecule has 84 valence electrons. The van der Waals surface area contributed by atoms with Crippen molar-refractivity contribution in [3.8, 4) is 0 Å². The molecule has 0 atom stereocenters. The molecule has 0 heterocycles. The molecule has 0 radical (unpaired) electrons. The molecular weight excluding hydrogens is 236 g/mol. The lowest BCUT2D eigenvalue weighted by Gasteiger charge is -2.10. The number of nitrogens with one attached hydrogen (secondary N) is 1. The van der Waals surface area contributed by atoms with Gasteiger partial charge in [-0.15, -0.1) is 0 Å². The fourth-order valence-corrected chi connectivity index (χ4v) is 2.53. The van der Waals surface area contributed by atoms with Gasteiger partial charge in [-0.25, -0.2) is 13.6 Å². The van der Waals surface area contributed by atoms with Crippen LogP contribution in [-0.2, 0) is 16.6 Å². The van der Waals surface area contributed by atoms with E-state index in [2.05, 4.69) is 5.32 Å². The zero-order chi connectivity index (χ0) is 11.6. The van der Waals surface area contributed by atoms with Crippen molar-refractivity contribution in [1.82, 2.24) is 5.32 Å². The smallest absolute Gasteiger partial charge is 0.238 e. The topological polar surface area (TPSA) is 72.2 Å². The Kier molecular flexibility index (Phi) is 3.72. The lowest BCUT2D eigenvalue weighted by molar-refractivity contribution is 0.597. The van der Waals surface area contributed by atoms with Gasteiger partial charge in [0.1, 0.15) is 0 Å². The summed E-state index contributed by atoms with van der Waals surface area (Å²) in [5, 5.41) is 8.39. The van der Waals surface area contributed by atoms with Crippen molar-refractivity contribution in [3.63, 3.8) is 0 Å². The third-order valence-electron chi connectivity index (χ3n) is 2.11. The quantitative estimate of drug-likeness (QED) is 0.839. The number of primary sulfonamides is 1. The highest BCUT2D eigenvalue weighted by Crippen LogP contribution is 2.23. The Hall–Kier alpha value is -0.620. The van der Waals surface area contributed by atoms with Gasteiger partial charge in [0.05, 0.1) is 4.90 Å². The molecule has 0 aliphatic heterocycles. The van der Waals surface area contributed by atoms with Gasteiger partial charge >= 0.3 is 0 Å². The second-order valence-electron chi connectivity index (χ2n) is 3.26. The minimum Gasteiger partial charge on any atom is -0.316 e. The SMILES string of the molecule is CNCc1cc(Cl)cc(S(N)(=O)=O)c1C. The Morgan fingerprint density at radius 1 is 1.47 bits per heavy atom. The molecule has 1 aromatic carbocycles. The molecule has 4 nitrogen and oxygen atoms in total. The van der Waals surface area contributed by atoms with Crippen LogP contribution in [0.4, 0.5) is 0 Å². The molecule has 0 aliphatic rings. The average molecular weight is 249 g/mol. The number of hydrogen-bond donors (Lipinski definition) is 2. The third kappa shape index (κ3) is 2.92. The maximum absolute atomic E-state index is 11.3. The van der Waals surface area contributed by atoms with Crippen LogP contribution in [0.2, 0.25) is 5.02 Å². The molecule has 0 saturated carbocycles. The fraction of sp³-hybridized carbons (Fsp3) is 0.333. The van der Waals surface area contributed by atoms with Gasteiger partial charge in [0, 0.05) is 11.6 Å². The van der Waals surface area contributed by atoms with E-state index in [0.717, 1.165) is 5.56 Å². The summed E-state index contributed by atoms with van der Waals surface area (Å²) in [7, 11) is -1.93. The summed E-state index contributed by atoms with van der Waals surface area (Å²) in [5.74, 6) is 0. The summed E-state index contributed by atoms with van der Waals surface area (Å²) >= 11 is 5.82. The monoisotopic (exact) mass is 248 g/mol. The number of halogens is 1. The first-order valence-electron chi connectivity index (χ1n) is 4.32. The molecule has 3 N–H and O–H groups in total. The molecule has 1 aromatic rings. The lowest BCUT2D eigenvalue weighted by atomic mass is 10.1. The largest absolute Gasteiger partial charge is 0.316 e. The van der Waals surface area contributed by atoms with Crippen LogP contribution in [0.3, 0.4) is 0 Å². The zero-order valence-corrected chi connectivity index (χ0v) is 10.1. The molecule has 0 saturated heterocycles. The van der Waals surface area contributed by atoms with Gasteiger partial charge in [-0.3, -0.25) is 0 Å². The van der Waals surface area contributed by atoms with Gasteiger partial charge < -0.3 is 5.32 Å². The van der Waals surface area contributed by atoms with E-state index in [0.29, 0.717) is 17.1 Å². The van der Waals surface area contributed by atoms with Crippen LogP contribution in [0.15, 0.2) is 17.0 Å². The predicted octanol–water partition coefficient (Wildman–Crippen LogP) is 1.02. The molecule has 0 aliphatic carbocycles. The Morgan fingerprint density at radius 2 is 2.07 bits per heavy atom. The minimum absolute atomic E-state index is 0.0836. The summed E-state index contributed by atoms with van der Waals surface area (Å²) < 4.78 is 22.5. The van der Waals surface area contributed by atoms with Gasteiger partial charge in [0.25, 0.3) is 0 Å². The van der Waals surface area contributed by atoms with Crippen LogP contribution in [0, 0.1) is 6.92 Å². The predicted molar refractivity (Wildman–Crippen MR) is 60.3 cm³/mol. The summed E-state index contributed by atoms with van der Waals surface area (Å²) in [4.78, 5) is 0.0836. The van der Waals surface area contributed by atoms with Gasteiger partial charge in [-0.2, -0.15) is 0 Å². The van der Waals surface area contributed by atoms with Crippen LogP contribution in [0.5, 0.6) is 0 Å². The first kappa shape index (κ1) is 12.4. The van der Waals surface area contributed by atoms with E-state index in [1.54, 1.807) is 20.0 Å². The van der Waals surface area contributed by atoms with E-state index >= 15 is 0 Å². The molecule has 0 unspecified atom stereocenters. The fourth-order valence-electron chi connectivity index (χ4n) is 1.38. The molecule has 0 bridgehead atoms. The first-order valence-corrected chi connectivity index (χ1v) is 6.25. The third-order valence-corrected chi connectivity index (χ3v) is 3.36. The van der Waals surface area contributed by atoms with E-state index in [1.807, 2.05) is 0 Å². The molecule has 6 heteroatoms. The van der Waals surface area contributed by atoms with Crippen molar-refractivity contribution < 1.29 is 8.42 Å². The zero-order valence-electron chi connectivity index (χ0n) is 8.54. The van der Waals surface area contributed by atoms with Crippen LogP contribution in [-0.4, -0.2) is 15.5 Å². The maximum atomic E-state index is 11.3. The average Bonchev–Trinajstić information content (AvgIpc) is 2.09. The molecule has 0 aromatic heterocycles. The Morgan fingerprint density at radius 3 is 2.53 bits per heavy atom. The van der Waals surface area contributed by atoms with E-state index in [1.165, 1.54) is 6.07 Å². The van der Waals surface area contributed by atoms with E-state index in [-0.39, 0.29) is 4.90 Å². The highest BCUT2D eigenvalue weighted by molar-refractivity contribution is 7.89. The summed E-state index contributed by atoms with van der Waals surface area (Å²) in [6, 6.07) is 3.09. The lowest BCUT2D eigenvalue weighted by Crippen LogP contribution is -2.16. The van der Waals surface area contributed by atoms with Crippen LogP contribution in [0.25, 0.3) is 0 Å². The van der Waals surface area contributed by atoms with Crippen molar-refractivity contribution >= 4 is 21.6 Å². The van der Waals surface area contributed by atoms with Crippen LogP contribution >= 0.6 is 11.6 Å². The van der Waals surface area contributed by atoms with E-state index < -0.39 is 10.0 Å². The van der Waals surface area contributed by atoms with Crippen LogP contribution in [0.1, 0.15) is 11.1 Å². The van der Waals surface area contributed by atoms with Gasteiger partial charge in [0.2, 0.25) is 10.0 Å². The van der Waals surface area contributed by atoms with Crippen molar-refractivity contribution in [1.29, 1.82) is 0 Å². The van der Waals surface area contributed by atoms with E-state index in [9.17, 15) is 8.42 Å². The molecule has 0 fully saturated rings. The summed E-state index contributed by atoms with van der Waals surface area (Å²) in [6.45, 7) is 2.26. The molecule has 1 rings (SSSR count). The number of hydrogen-bond acceptors (Lipinski definition) is 3. The Balaban J connectivity index is 3.42. The second kappa shape index (κ2) is 4.49. The maximum Gasteiger partial charge on any atom is 0.238 e. The summed E-state index contributed by atoms with van der Waals surface area (Å²) in [6.07, 6.45) is 0. The molecular formula is C9H13ClN2O2S. The molecule has 0 spiro atoms. The van der Waals surface area contributed by atoms with Crippen molar-refractivity contribution in [2.75, 3.05) is 7.05 Å². The van der Waals surface area contributed by atoms with Gasteiger partial charge in [-0.1, -0.05) is 11.6 Å². The highest BCUT2D eigenvalue weighted by Gasteiger charge is 2.15. The molecule has 0 amide bonds. The van der Waals surface area contributed by atoms with Crippen molar-refractivity contribution in [2.45, 2.75) is 18.4 Å². The highest BCUT2D eigenvalue weighted by atomic mass is 35.5. The molecule has 15 heavy (non-hydrogen) atoms. The van der Waals surface area contributed by atoms with Crippen molar-refractivity contribution in [2.24, 2.45) is 5.14 Å². The Labute approximate surface area is 94.5 Å². The van der Waals surface area contributed by atoms with Gasteiger partial charge in [0.15, 0.2) is 0 Å². The summed E-state index contributed by atoms with van der Waals surface area (Å²) in [5.41, 5.74) is 1.46. The van der Waals surface area contributed by atoms with E-state index in [4.69, 9.17) is 16.7 Å².